The van der Waals surface area contributed by atoms with E-state index < -0.39 is 0 Å². The highest BCUT2D eigenvalue weighted by molar-refractivity contribution is 7.99. The van der Waals surface area contributed by atoms with Crippen molar-refractivity contribution in [1.82, 2.24) is 9.55 Å². The summed E-state index contributed by atoms with van der Waals surface area (Å²) in [4.78, 5) is 31.6. The van der Waals surface area contributed by atoms with Crippen LogP contribution in [0.1, 0.15) is 36.6 Å². The zero-order valence-corrected chi connectivity index (χ0v) is 16.0. The molecule has 0 bridgehead atoms. The van der Waals surface area contributed by atoms with Crippen LogP contribution >= 0.6 is 23.1 Å². The number of esters is 1. The largest absolute Gasteiger partial charge is 0.465 e. The Morgan fingerprint density at radius 2 is 2.20 bits per heavy atom. The molecule has 134 valence electrons. The predicted molar refractivity (Wildman–Crippen MR) is 103 cm³/mol. The summed E-state index contributed by atoms with van der Waals surface area (Å²) in [6, 6.07) is 0. The first-order chi connectivity index (χ1) is 12.2. The number of carbonyl (C=O) groups is 1. The van der Waals surface area contributed by atoms with Crippen LogP contribution in [0, 0.1) is 0 Å². The van der Waals surface area contributed by atoms with Crippen molar-refractivity contribution < 1.29 is 9.53 Å². The maximum absolute atomic E-state index is 13.1. The van der Waals surface area contributed by atoms with Gasteiger partial charge >= 0.3 is 5.97 Å². The van der Waals surface area contributed by atoms with Crippen molar-refractivity contribution in [3.63, 3.8) is 0 Å². The van der Waals surface area contributed by atoms with E-state index in [1.807, 2.05) is 0 Å². The van der Waals surface area contributed by atoms with E-state index in [4.69, 9.17) is 9.72 Å². The van der Waals surface area contributed by atoms with Gasteiger partial charge in [-0.25, -0.2) is 4.98 Å². The van der Waals surface area contributed by atoms with Crippen molar-refractivity contribution in [2.75, 3.05) is 12.4 Å². The SMILES string of the molecule is C=CCn1c(SCC(=O)OCC)nc2sc3c(c2c1=O)CCCCC3. The third kappa shape index (κ3) is 3.82. The highest BCUT2D eigenvalue weighted by atomic mass is 32.2. The number of aromatic nitrogens is 2. The summed E-state index contributed by atoms with van der Waals surface area (Å²) in [5.74, 6) is -0.150. The Kier molecular flexibility index (Phi) is 5.96. The molecule has 5 nitrogen and oxygen atoms in total. The summed E-state index contributed by atoms with van der Waals surface area (Å²) < 4.78 is 6.59. The topological polar surface area (TPSA) is 61.2 Å². The molecule has 3 rings (SSSR count). The van der Waals surface area contributed by atoms with Crippen molar-refractivity contribution in [3.8, 4) is 0 Å². The lowest BCUT2D eigenvalue weighted by Crippen LogP contribution is -2.23. The molecule has 0 atom stereocenters. The first-order valence-corrected chi connectivity index (χ1v) is 10.4. The molecule has 0 aliphatic heterocycles. The Morgan fingerprint density at radius 1 is 1.40 bits per heavy atom. The van der Waals surface area contributed by atoms with Crippen LogP contribution in [0.3, 0.4) is 0 Å². The molecule has 0 amide bonds. The first-order valence-electron chi connectivity index (χ1n) is 8.60. The van der Waals surface area contributed by atoms with E-state index >= 15 is 0 Å². The molecule has 0 N–H and O–H groups in total. The van der Waals surface area contributed by atoms with Gasteiger partial charge < -0.3 is 4.74 Å². The van der Waals surface area contributed by atoms with E-state index in [2.05, 4.69) is 6.58 Å². The van der Waals surface area contributed by atoms with Crippen molar-refractivity contribution in [3.05, 3.63) is 33.4 Å². The molecule has 1 aliphatic rings. The quantitative estimate of drug-likeness (QED) is 0.253. The lowest BCUT2D eigenvalue weighted by Gasteiger charge is -2.10. The van der Waals surface area contributed by atoms with Gasteiger partial charge in [-0.1, -0.05) is 24.3 Å². The van der Waals surface area contributed by atoms with Gasteiger partial charge in [0.05, 0.1) is 17.7 Å². The monoisotopic (exact) mass is 378 g/mol. The Labute approximate surface area is 155 Å². The van der Waals surface area contributed by atoms with Gasteiger partial charge in [-0.15, -0.1) is 17.9 Å². The van der Waals surface area contributed by atoms with Crippen molar-refractivity contribution in [1.29, 1.82) is 0 Å². The van der Waals surface area contributed by atoms with Crippen LogP contribution in [0.25, 0.3) is 10.2 Å². The highest BCUT2D eigenvalue weighted by Gasteiger charge is 2.21. The number of rotatable bonds is 6. The first kappa shape index (κ1) is 18.2. The third-order valence-electron chi connectivity index (χ3n) is 4.23. The zero-order chi connectivity index (χ0) is 17.8. The molecular weight excluding hydrogens is 356 g/mol. The predicted octanol–water partition coefficient (Wildman–Crippen LogP) is 3.57. The molecule has 2 aromatic rings. The summed E-state index contributed by atoms with van der Waals surface area (Å²) in [6.45, 7) is 6.26. The number of carbonyl (C=O) groups excluding carboxylic acids is 1. The fourth-order valence-corrected chi connectivity index (χ4v) is 5.23. The summed E-state index contributed by atoms with van der Waals surface area (Å²) in [5, 5.41) is 1.33. The molecule has 0 fully saturated rings. The van der Waals surface area contributed by atoms with Crippen LogP contribution in [-0.2, 0) is 28.9 Å². The molecule has 1 aliphatic carbocycles. The van der Waals surface area contributed by atoms with Gasteiger partial charge in [0.25, 0.3) is 5.56 Å². The Bertz CT molecular complexity index is 854. The fourth-order valence-electron chi connectivity index (χ4n) is 3.12. The number of thioether (sulfide) groups is 1. The van der Waals surface area contributed by atoms with E-state index in [9.17, 15) is 9.59 Å². The number of allylic oxidation sites excluding steroid dienone is 1. The minimum atomic E-state index is -0.297. The van der Waals surface area contributed by atoms with Crippen molar-refractivity contribution >= 4 is 39.3 Å². The van der Waals surface area contributed by atoms with Crippen LogP contribution in [0.15, 0.2) is 22.6 Å². The van der Waals surface area contributed by atoms with Gasteiger partial charge in [0.1, 0.15) is 4.83 Å². The average molecular weight is 379 g/mol. The van der Waals surface area contributed by atoms with E-state index in [0.29, 0.717) is 18.3 Å². The molecule has 7 heteroatoms. The van der Waals surface area contributed by atoms with E-state index in [-0.39, 0.29) is 17.3 Å². The molecule has 0 radical (unpaired) electrons. The maximum atomic E-state index is 13.1. The second kappa shape index (κ2) is 8.19. The maximum Gasteiger partial charge on any atom is 0.316 e. The number of hydrogen-bond donors (Lipinski definition) is 0. The molecular formula is C18H22N2O3S2. The fraction of sp³-hybridized carbons (Fsp3) is 0.500. The van der Waals surface area contributed by atoms with Gasteiger partial charge in [0, 0.05) is 11.4 Å². The average Bonchev–Trinajstić information content (AvgIpc) is 2.77. The molecule has 0 saturated carbocycles. The lowest BCUT2D eigenvalue weighted by molar-refractivity contribution is -0.139. The molecule has 0 unspecified atom stereocenters. The molecule has 2 heterocycles. The van der Waals surface area contributed by atoms with Crippen molar-refractivity contribution in [2.24, 2.45) is 0 Å². The van der Waals surface area contributed by atoms with Crippen LogP contribution < -0.4 is 5.56 Å². The van der Waals surface area contributed by atoms with Crippen LogP contribution in [-0.4, -0.2) is 27.9 Å². The number of fused-ring (bicyclic) bond motifs is 3. The van der Waals surface area contributed by atoms with Gasteiger partial charge in [-0.05, 0) is 38.2 Å². The Morgan fingerprint density at radius 3 is 2.96 bits per heavy atom. The van der Waals surface area contributed by atoms with E-state index in [1.54, 1.807) is 28.9 Å². The molecule has 0 spiro atoms. The Balaban J connectivity index is 2.05. The van der Waals surface area contributed by atoms with Gasteiger partial charge in [-0.3, -0.25) is 14.2 Å². The molecule has 2 aromatic heterocycles. The van der Waals surface area contributed by atoms with E-state index in [1.165, 1.54) is 35.0 Å². The normalized spacial score (nSPS) is 14.1. The van der Waals surface area contributed by atoms with Crippen LogP contribution in [0.2, 0.25) is 0 Å². The number of thiophene rings is 1. The number of hydrogen-bond acceptors (Lipinski definition) is 6. The summed E-state index contributed by atoms with van der Waals surface area (Å²) >= 11 is 2.88. The molecule has 0 saturated heterocycles. The third-order valence-corrected chi connectivity index (χ3v) is 6.36. The van der Waals surface area contributed by atoms with Crippen molar-refractivity contribution in [2.45, 2.75) is 50.7 Å². The second-order valence-corrected chi connectivity index (χ2v) is 7.96. The summed E-state index contributed by atoms with van der Waals surface area (Å²) in [5.41, 5.74) is 1.17. The van der Waals surface area contributed by atoms with Gasteiger partial charge in [0.15, 0.2) is 5.16 Å². The minimum Gasteiger partial charge on any atom is -0.465 e. The lowest BCUT2D eigenvalue weighted by atomic mass is 10.1. The summed E-state index contributed by atoms with van der Waals surface area (Å²) in [6.07, 6.45) is 7.18. The number of nitrogens with zero attached hydrogens (tertiary/aromatic N) is 2. The molecule has 25 heavy (non-hydrogen) atoms. The summed E-state index contributed by atoms with van der Waals surface area (Å²) in [7, 11) is 0. The minimum absolute atomic E-state index is 0.0179. The number of ether oxygens (including phenoxy) is 1. The van der Waals surface area contributed by atoms with Gasteiger partial charge in [0.2, 0.25) is 0 Å². The molecule has 0 aromatic carbocycles. The zero-order valence-electron chi connectivity index (χ0n) is 14.4. The standard InChI is InChI=1S/C18H22N2O3S2/c1-3-10-20-17(22)15-12-8-6-5-7-9-13(12)25-16(15)19-18(20)24-11-14(21)23-4-2/h3H,1,4-11H2,2H3. The van der Waals surface area contributed by atoms with Gasteiger partial charge in [-0.2, -0.15) is 0 Å². The Hall–Kier alpha value is -1.60. The number of aryl methyl sites for hydroxylation is 2. The van der Waals surface area contributed by atoms with Crippen LogP contribution in [0.5, 0.6) is 0 Å². The second-order valence-electron chi connectivity index (χ2n) is 5.94. The highest BCUT2D eigenvalue weighted by Crippen LogP contribution is 2.34. The van der Waals surface area contributed by atoms with E-state index in [0.717, 1.165) is 29.5 Å². The smallest absolute Gasteiger partial charge is 0.316 e. The van der Waals surface area contributed by atoms with Crippen LogP contribution in [0.4, 0.5) is 0 Å².